The summed E-state index contributed by atoms with van der Waals surface area (Å²) < 4.78 is 14.8. The van der Waals surface area contributed by atoms with Gasteiger partial charge < -0.3 is 9.80 Å². The number of rotatable bonds is 8. The summed E-state index contributed by atoms with van der Waals surface area (Å²) in [5.41, 5.74) is 2.18. The van der Waals surface area contributed by atoms with Crippen molar-refractivity contribution in [1.82, 2.24) is 14.5 Å². The number of para-hydroxylation sites is 1. The summed E-state index contributed by atoms with van der Waals surface area (Å²) in [6, 6.07) is 21.1. The van der Waals surface area contributed by atoms with E-state index in [1.807, 2.05) is 35.2 Å². The van der Waals surface area contributed by atoms with Gasteiger partial charge in [0.15, 0.2) is 5.16 Å². The van der Waals surface area contributed by atoms with Crippen LogP contribution in [-0.4, -0.2) is 52.3 Å². The van der Waals surface area contributed by atoms with Gasteiger partial charge in [0.2, 0.25) is 5.91 Å². The summed E-state index contributed by atoms with van der Waals surface area (Å²) >= 11 is 7.74. The zero-order valence-electron chi connectivity index (χ0n) is 21.7. The van der Waals surface area contributed by atoms with Gasteiger partial charge in [-0.25, -0.2) is 9.37 Å². The molecule has 1 amide bonds. The Hall–Kier alpha value is -3.36. The Morgan fingerprint density at radius 3 is 2.49 bits per heavy atom. The summed E-state index contributed by atoms with van der Waals surface area (Å²) in [7, 11) is 0. The maximum absolute atomic E-state index is 13.4. The Morgan fingerprint density at radius 2 is 1.74 bits per heavy atom. The molecular weight excluding hydrogens is 535 g/mol. The van der Waals surface area contributed by atoms with Crippen molar-refractivity contribution < 1.29 is 9.18 Å². The fourth-order valence-corrected chi connectivity index (χ4v) is 6.17. The Kier molecular flexibility index (Phi) is 8.53. The lowest BCUT2D eigenvalue weighted by atomic mass is 10.0. The molecule has 0 spiro atoms. The summed E-state index contributed by atoms with van der Waals surface area (Å²) in [6.07, 6.45) is 1.29. The Bertz CT molecular complexity index is 1520. The molecule has 9 heteroatoms. The van der Waals surface area contributed by atoms with Gasteiger partial charge in [-0.2, -0.15) is 0 Å². The molecule has 0 saturated carbocycles. The van der Waals surface area contributed by atoms with Crippen LogP contribution in [0.2, 0.25) is 5.02 Å². The van der Waals surface area contributed by atoms with E-state index in [1.54, 1.807) is 34.9 Å². The predicted octanol–water partition coefficient (Wildman–Crippen LogP) is 6.04. The molecule has 0 bridgehead atoms. The first-order valence-corrected chi connectivity index (χ1v) is 14.4. The van der Waals surface area contributed by atoms with E-state index in [4.69, 9.17) is 16.6 Å². The first-order chi connectivity index (χ1) is 18.9. The Morgan fingerprint density at radius 1 is 1.00 bits per heavy atom. The van der Waals surface area contributed by atoms with E-state index in [0.717, 1.165) is 31.0 Å². The molecule has 6 nitrogen and oxygen atoms in total. The molecule has 1 aliphatic heterocycles. The number of hydrogen-bond donors (Lipinski definition) is 0. The highest BCUT2D eigenvalue weighted by atomic mass is 35.5. The third-order valence-corrected chi connectivity index (χ3v) is 8.21. The quantitative estimate of drug-likeness (QED) is 0.193. The molecule has 1 aromatic heterocycles. The summed E-state index contributed by atoms with van der Waals surface area (Å²) in [5, 5.41) is 1.71. The van der Waals surface area contributed by atoms with Crippen molar-refractivity contribution >= 4 is 45.9 Å². The molecule has 1 aliphatic rings. The van der Waals surface area contributed by atoms with Gasteiger partial charge in [0, 0.05) is 49.1 Å². The summed E-state index contributed by atoms with van der Waals surface area (Å²) in [4.78, 5) is 35.3. The van der Waals surface area contributed by atoms with Gasteiger partial charge in [0.05, 0.1) is 16.6 Å². The van der Waals surface area contributed by atoms with Crippen LogP contribution in [0.5, 0.6) is 0 Å². The Labute approximate surface area is 236 Å². The van der Waals surface area contributed by atoms with Crippen LogP contribution in [0.1, 0.15) is 19.8 Å². The smallest absolute Gasteiger partial charge is 0.266 e. The molecule has 2 heterocycles. The third kappa shape index (κ3) is 6.45. The van der Waals surface area contributed by atoms with E-state index < -0.39 is 0 Å². The van der Waals surface area contributed by atoms with Crippen molar-refractivity contribution in [2.45, 2.75) is 24.9 Å². The molecule has 5 rings (SSSR count). The van der Waals surface area contributed by atoms with Crippen molar-refractivity contribution in [2.75, 3.05) is 36.8 Å². The number of aromatic nitrogens is 2. The van der Waals surface area contributed by atoms with E-state index in [9.17, 15) is 14.0 Å². The van der Waals surface area contributed by atoms with Crippen LogP contribution in [0, 0.1) is 11.7 Å². The zero-order chi connectivity index (χ0) is 27.4. The Balaban J connectivity index is 1.19. The van der Waals surface area contributed by atoms with Crippen molar-refractivity contribution in [3.8, 4) is 5.69 Å². The van der Waals surface area contributed by atoms with E-state index in [0.29, 0.717) is 46.3 Å². The number of fused-ring (bicyclic) bond motifs is 1. The molecule has 1 saturated heterocycles. The molecule has 3 aromatic carbocycles. The summed E-state index contributed by atoms with van der Waals surface area (Å²) in [6.45, 7) is 4.87. The fraction of sp³-hybridized carbons (Fsp3) is 0.300. The lowest BCUT2D eigenvalue weighted by Gasteiger charge is -2.36. The zero-order valence-corrected chi connectivity index (χ0v) is 23.3. The minimum absolute atomic E-state index is 0.131. The van der Waals surface area contributed by atoms with Gasteiger partial charge in [-0.3, -0.25) is 14.2 Å². The molecule has 0 aliphatic carbocycles. The second-order valence-electron chi connectivity index (χ2n) is 9.82. The minimum atomic E-state index is -0.246. The van der Waals surface area contributed by atoms with Crippen LogP contribution >= 0.6 is 23.4 Å². The first kappa shape index (κ1) is 27.2. The SMILES string of the molecule is CC(CCSc1nc2ccccc2c(=O)n1-c1cccc(Cl)c1)CC(=O)N1CCN(c2ccc(F)cc2)CC1. The van der Waals surface area contributed by atoms with E-state index in [2.05, 4.69) is 11.8 Å². The second kappa shape index (κ2) is 12.2. The molecular formula is C30H30ClFN4O2S. The number of benzene rings is 3. The normalized spacial score (nSPS) is 14.5. The van der Waals surface area contributed by atoms with Crippen LogP contribution in [0.3, 0.4) is 0 Å². The third-order valence-electron chi connectivity index (χ3n) is 7.00. The van der Waals surface area contributed by atoms with Crippen molar-refractivity contribution in [1.29, 1.82) is 0 Å². The standard InChI is InChI=1S/C30H30ClFN4O2S/c1-21(19-28(37)35-16-14-34(15-17-35)24-11-9-23(32)10-12-24)13-18-39-30-33-27-8-3-2-7-26(27)29(38)36(30)25-6-4-5-22(31)20-25/h2-12,20-21H,13-19H2,1H3. The number of carbonyl (C=O) groups excluding carboxylic acids is 1. The fourth-order valence-electron chi connectivity index (χ4n) is 4.80. The molecule has 39 heavy (non-hydrogen) atoms. The van der Waals surface area contributed by atoms with Crippen LogP contribution in [0.25, 0.3) is 16.6 Å². The highest BCUT2D eigenvalue weighted by Crippen LogP contribution is 2.25. The number of hydrogen-bond acceptors (Lipinski definition) is 5. The van der Waals surface area contributed by atoms with Gasteiger partial charge in [-0.1, -0.05) is 48.5 Å². The molecule has 1 unspecified atom stereocenters. The number of anilines is 1. The summed E-state index contributed by atoms with van der Waals surface area (Å²) in [5.74, 6) is 0.819. The van der Waals surface area contributed by atoms with Crippen LogP contribution in [0.4, 0.5) is 10.1 Å². The minimum Gasteiger partial charge on any atom is -0.368 e. The lowest BCUT2D eigenvalue weighted by Crippen LogP contribution is -2.49. The highest BCUT2D eigenvalue weighted by molar-refractivity contribution is 7.99. The average Bonchev–Trinajstić information content (AvgIpc) is 2.94. The number of thioether (sulfide) groups is 1. The monoisotopic (exact) mass is 564 g/mol. The van der Waals surface area contributed by atoms with E-state index in [1.165, 1.54) is 23.9 Å². The first-order valence-electron chi connectivity index (χ1n) is 13.1. The van der Waals surface area contributed by atoms with Gasteiger partial charge in [0.25, 0.3) is 5.56 Å². The molecule has 0 radical (unpaired) electrons. The van der Waals surface area contributed by atoms with Crippen LogP contribution < -0.4 is 10.5 Å². The van der Waals surface area contributed by atoms with E-state index >= 15 is 0 Å². The number of carbonyl (C=O) groups is 1. The lowest BCUT2D eigenvalue weighted by molar-refractivity contribution is -0.132. The number of piperazine rings is 1. The topological polar surface area (TPSA) is 58.4 Å². The molecule has 0 N–H and O–H groups in total. The van der Waals surface area contributed by atoms with Crippen LogP contribution in [0.15, 0.2) is 82.7 Å². The van der Waals surface area contributed by atoms with Gasteiger partial charge in [-0.05, 0) is 66.9 Å². The van der Waals surface area contributed by atoms with E-state index in [-0.39, 0.29) is 23.2 Å². The largest absolute Gasteiger partial charge is 0.368 e. The van der Waals surface area contributed by atoms with Crippen LogP contribution in [-0.2, 0) is 4.79 Å². The molecule has 1 atom stereocenters. The average molecular weight is 565 g/mol. The van der Waals surface area contributed by atoms with Crippen molar-refractivity contribution in [3.05, 3.63) is 94.0 Å². The predicted molar refractivity (Wildman–Crippen MR) is 157 cm³/mol. The van der Waals surface area contributed by atoms with Crippen molar-refractivity contribution in [3.63, 3.8) is 0 Å². The number of amides is 1. The van der Waals surface area contributed by atoms with Gasteiger partial charge in [0.1, 0.15) is 5.82 Å². The molecule has 202 valence electrons. The van der Waals surface area contributed by atoms with Gasteiger partial charge in [-0.15, -0.1) is 0 Å². The van der Waals surface area contributed by atoms with Gasteiger partial charge >= 0.3 is 0 Å². The number of nitrogens with zero attached hydrogens (tertiary/aromatic N) is 4. The second-order valence-corrected chi connectivity index (χ2v) is 11.3. The number of halogens is 2. The van der Waals surface area contributed by atoms with Crippen molar-refractivity contribution in [2.24, 2.45) is 5.92 Å². The maximum Gasteiger partial charge on any atom is 0.266 e. The highest BCUT2D eigenvalue weighted by Gasteiger charge is 2.23. The molecule has 4 aromatic rings. The maximum atomic E-state index is 13.4. The molecule has 1 fully saturated rings.